The number of nitrogens with zero attached hydrogens (tertiary/aromatic N) is 2. The van der Waals surface area contributed by atoms with E-state index in [2.05, 4.69) is 65.5 Å². The first-order chi connectivity index (χ1) is 14.7. The lowest BCUT2D eigenvalue weighted by Crippen LogP contribution is -2.41. The fraction of sp³-hybridized carbons (Fsp3) is 0.160. The Kier molecular flexibility index (Phi) is 4.64. The molecule has 0 unspecified atom stereocenters. The molecule has 0 bridgehead atoms. The van der Waals surface area contributed by atoms with Crippen LogP contribution in [0.3, 0.4) is 0 Å². The fourth-order valence-electron chi connectivity index (χ4n) is 4.12. The van der Waals surface area contributed by atoms with Gasteiger partial charge in [0.2, 0.25) is 0 Å². The molecule has 5 nitrogen and oxygen atoms in total. The zero-order valence-electron chi connectivity index (χ0n) is 16.8. The minimum atomic E-state index is -0.204. The Morgan fingerprint density at radius 2 is 1.87 bits per heavy atom. The van der Waals surface area contributed by atoms with Gasteiger partial charge in [0.1, 0.15) is 5.76 Å². The number of carbonyl (C=O) groups excluding carboxylic acids is 1. The van der Waals surface area contributed by atoms with E-state index in [0.717, 1.165) is 28.3 Å². The van der Waals surface area contributed by atoms with Crippen molar-refractivity contribution < 1.29 is 9.21 Å². The Morgan fingerprint density at radius 1 is 1.03 bits per heavy atom. The molecule has 4 aromatic rings. The minimum Gasteiger partial charge on any atom is -0.467 e. The maximum Gasteiger partial charge on any atom is 0.318 e. The smallest absolute Gasteiger partial charge is 0.318 e. The van der Waals surface area contributed by atoms with Gasteiger partial charge in [0.05, 0.1) is 31.1 Å². The van der Waals surface area contributed by atoms with Gasteiger partial charge < -0.3 is 19.2 Å². The average molecular weight is 397 g/mol. The fourth-order valence-corrected chi connectivity index (χ4v) is 4.12. The number of carbonyl (C=O) groups is 1. The largest absolute Gasteiger partial charge is 0.467 e. The van der Waals surface area contributed by atoms with Crippen molar-refractivity contribution in [2.75, 3.05) is 0 Å². The van der Waals surface area contributed by atoms with Gasteiger partial charge in [-0.05, 0) is 48.4 Å². The summed E-state index contributed by atoms with van der Waals surface area (Å²) in [6.07, 6.45) is 3.69. The van der Waals surface area contributed by atoms with Crippen molar-refractivity contribution in [3.05, 3.63) is 113 Å². The summed E-state index contributed by atoms with van der Waals surface area (Å²) in [7, 11) is 0. The first-order valence-corrected chi connectivity index (χ1v) is 10.1. The first-order valence-electron chi connectivity index (χ1n) is 10.1. The highest BCUT2D eigenvalue weighted by molar-refractivity contribution is 5.76. The second-order valence-corrected chi connectivity index (χ2v) is 7.61. The number of fused-ring (bicyclic) bond motifs is 3. The Hall–Kier alpha value is -3.73. The summed E-state index contributed by atoms with van der Waals surface area (Å²) in [6.45, 7) is 2.94. The van der Waals surface area contributed by atoms with Gasteiger partial charge in [0.15, 0.2) is 0 Å². The molecule has 0 saturated carbocycles. The Balaban J connectivity index is 1.58. The molecule has 0 saturated heterocycles. The zero-order valence-corrected chi connectivity index (χ0v) is 16.8. The van der Waals surface area contributed by atoms with E-state index in [-0.39, 0.29) is 12.1 Å². The van der Waals surface area contributed by atoms with Crippen LogP contribution in [0.15, 0.2) is 89.7 Å². The second kappa shape index (κ2) is 7.59. The number of aryl methyl sites for hydroxylation is 1. The molecule has 1 aliphatic heterocycles. The van der Waals surface area contributed by atoms with E-state index in [1.165, 1.54) is 5.56 Å². The van der Waals surface area contributed by atoms with Crippen molar-refractivity contribution in [3.8, 4) is 5.69 Å². The normalized spacial score (nSPS) is 15.2. The molecule has 5 heteroatoms. The SMILES string of the molecule is Cc1ccc([C@@H]2c3cccn3-c3ccccc3CN2C(=O)NCc2ccco2)cc1. The van der Waals surface area contributed by atoms with E-state index in [4.69, 9.17) is 4.42 Å². The number of furan rings is 1. The Morgan fingerprint density at radius 3 is 2.67 bits per heavy atom. The summed E-state index contributed by atoms with van der Waals surface area (Å²) < 4.78 is 7.58. The van der Waals surface area contributed by atoms with Gasteiger partial charge in [0, 0.05) is 11.9 Å². The number of rotatable bonds is 3. The van der Waals surface area contributed by atoms with Crippen LogP contribution in [0, 0.1) is 6.92 Å². The minimum absolute atomic E-state index is 0.124. The average Bonchev–Trinajstić information content (AvgIpc) is 3.43. The van der Waals surface area contributed by atoms with Crippen molar-refractivity contribution in [2.24, 2.45) is 0 Å². The van der Waals surface area contributed by atoms with Crippen molar-refractivity contribution in [3.63, 3.8) is 0 Å². The van der Waals surface area contributed by atoms with Gasteiger partial charge in [-0.15, -0.1) is 0 Å². The molecule has 0 aliphatic carbocycles. The molecule has 2 aromatic carbocycles. The summed E-state index contributed by atoms with van der Waals surface area (Å²) >= 11 is 0. The molecule has 0 radical (unpaired) electrons. The van der Waals surface area contributed by atoms with Crippen LogP contribution in [0.4, 0.5) is 4.79 Å². The van der Waals surface area contributed by atoms with Gasteiger partial charge in [0.25, 0.3) is 0 Å². The summed E-state index contributed by atoms with van der Waals surface area (Å²) in [5.41, 5.74) is 5.56. The van der Waals surface area contributed by atoms with Crippen LogP contribution in [0.5, 0.6) is 0 Å². The van der Waals surface area contributed by atoms with E-state index in [0.29, 0.717) is 13.1 Å². The van der Waals surface area contributed by atoms with Crippen LogP contribution in [0.25, 0.3) is 5.69 Å². The monoisotopic (exact) mass is 397 g/mol. The number of nitrogens with one attached hydrogen (secondary N) is 1. The van der Waals surface area contributed by atoms with E-state index >= 15 is 0 Å². The van der Waals surface area contributed by atoms with Gasteiger partial charge in [-0.3, -0.25) is 0 Å². The second-order valence-electron chi connectivity index (χ2n) is 7.61. The molecular formula is C25H23N3O2. The topological polar surface area (TPSA) is 50.4 Å². The molecule has 2 amide bonds. The van der Waals surface area contributed by atoms with Crippen LogP contribution >= 0.6 is 0 Å². The molecule has 5 rings (SSSR count). The highest BCUT2D eigenvalue weighted by atomic mass is 16.3. The zero-order chi connectivity index (χ0) is 20.5. The Bertz CT molecular complexity index is 1160. The first kappa shape index (κ1) is 18.3. The number of benzene rings is 2. The molecule has 1 N–H and O–H groups in total. The third-order valence-electron chi connectivity index (χ3n) is 5.61. The molecule has 2 aromatic heterocycles. The van der Waals surface area contributed by atoms with E-state index in [1.54, 1.807) is 6.26 Å². The third kappa shape index (κ3) is 3.28. The van der Waals surface area contributed by atoms with Crippen LogP contribution in [0.1, 0.15) is 34.2 Å². The maximum absolute atomic E-state index is 13.4. The summed E-state index contributed by atoms with van der Waals surface area (Å²) in [5, 5.41) is 3.03. The molecule has 3 heterocycles. The number of hydrogen-bond donors (Lipinski definition) is 1. The Labute approximate surface area is 175 Å². The number of aromatic nitrogens is 1. The van der Waals surface area contributed by atoms with Crippen molar-refractivity contribution >= 4 is 6.03 Å². The molecule has 30 heavy (non-hydrogen) atoms. The maximum atomic E-state index is 13.4. The van der Waals surface area contributed by atoms with Crippen molar-refractivity contribution in [1.82, 2.24) is 14.8 Å². The van der Waals surface area contributed by atoms with Crippen molar-refractivity contribution in [2.45, 2.75) is 26.1 Å². The number of hydrogen-bond acceptors (Lipinski definition) is 2. The lowest BCUT2D eigenvalue weighted by molar-refractivity contribution is 0.179. The van der Waals surface area contributed by atoms with Crippen LogP contribution in [-0.2, 0) is 13.1 Å². The predicted octanol–water partition coefficient (Wildman–Crippen LogP) is 5.19. The lowest BCUT2D eigenvalue weighted by Gasteiger charge is -2.31. The van der Waals surface area contributed by atoms with E-state index < -0.39 is 0 Å². The van der Waals surface area contributed by atoms with Crippen molar-refractivity contribution in [1.29, 1.82) is 0 Å². The lowest BCUT2D eigenvalue weighted by atomic mass is 10.0. The molecule has 1 atom stereocenters. The summed E-state index contributed by atoms with van der Waals surface area (Å²) in [6, 6.07) is 24.2. The predicted molar refractivity (Wildman–Crippen MR) is 115 cm³/mol. The highest BCUT2D eigenvalue weighted by Gasteiger charge is 2.32. The highest BCUT2D eigenvalue weighted by Crippen LogP contribution is 2.36. The summed E-state index contributed by atoms with van der Waals surface area (Å²) in [4.78, 5) is 15.3. The molecule has 1 aliphatic rings. The quantitative estimate of drug-likeness (QED) is 0.517. The van der Waals surface area contributed by atoms with Gasteiger partial charge >= 0.3 is 6.03 Å². The van der Waals surface area contributed by atoms with Crippen LogP contribution in [-0.4, -0.2) is 15.5 Å². The van der Waals surface area contributed by atoms with Gasteiger partial charge in [-0.1, -0.05) is 48.0 Å². The summed E-state index contributed by atoms with van der Waals surface area (Å²) in [5.74, 6) is 0.730. The molecular weight excluding hydrogens is 374 g/mol. The number of para-hydroxylation sites is 1. The van der Waals surface area contributed by atoms with E-state index in [1.807, 2.05) is 35.2 Å². The van der Waals surface area contributed by atoms with Gasteiger partial charge in [-0.2, -0.15) is 0 Å². The van der Waals surface area contributed by atoms with Crippen LogP contribution < -0.4 is 5.32 Å². The third-order valence-corrected chi connectivity index (χ3v) is 5.61. The number of amides is 2. The van der Waals surface area contributed by atoms with Crippen LogP contribution in [0.2, 0.25) is 0 Å². The molecule has 0 fully saturated rings. The number of urea groups is 1. The molecule has 150 valence electrons. The van der Waals surface area contributed by atoms with Gasteiger partial charge in [-0.25, -0.2) is 4.79 Å². The standard InChI is InChI=1S/C25H23N3O2/c1-18-10-12-19(13-11-18)24-23-9-4-14-27(23)22-8-3-2-6-20(22)17-28(24)25(29)26-16-21-7-5-15-30-21/h2-15,24H,16-17H2,1H3,(H,26,29)/t24-/m1/s1. The van der Waals surface area contributed by atoms with E-state index in [9.17, 15) is 4.79 Å². The molecule has 0 spiro atoms.